The second kappa shape index (κ2) is 5.00. The highest BCUT2D eigenvalue weighted by Crippen LogP contribution is 2.12. The maximum Gasteiger partial charge on any atom is 0.488 e. The second-order valence-corrected chi connectivity index (χ2v) is 4.55. The Morgan fingerprint density at radius 3 is 2.56 bits per heavy atom. The van der Waals surface area contributed by atoms with Gasteiger partial charge in [0.25, 0.3) is 0 Å². The van der Waals surface area contributed by atoms with Crippen LogP contribution in [0.5, 0.6) is 0 Å². The lowest BCUT2D eigenvalue weighted by molar-refractivity contribution is 0.331. The highest BCUT2D eigenvalue weighted by atomic mass is 16.4. The molecule has 1 aromatic carbocycles. The molecule has 0 aromatic heterocycles. The van der Waals surface area contributed by atoms with E-state index in [0.29, 0.717) is 5.46 Å². The quantitative estimate of drug-likeness (QED) is 0.717. The van der Waals surface area contributed by atoms with Crippen LogP contribution in [0.1, 0.15) is 24.0 Å². The third-order valence-corrected chi connectivity index (χ3v) is 3.23. The van der Waals surface area contributed by atoms with E-state index < -0.39 is 7.12 Å². The van der Waals surface area contributed by atoms with Gasteiger partial charge in [-0.15, -0.1) is 0 Å². The molecular formula is C12H18BNO2. The molecule has 0 radical (unpaired) electrons. The smallest absolute Gasteiger partial charge is 0.423 e. The van der Waals surface area contributed by atoms with Gasteiger partial charge in [0.15, 0.2) is 0 Å². The first kappa shape index (κ1) is 11.6. The number of aryl methyl sites for hydroxylation is 1. The predicted octanol–water partition coefficient (Wildman–Crippen LogP) is 0.271. The van der Waals surface area contributed by atoms with Crippen LogP contribution in [0.2, 0.25) is 0 Å². The second-order valence-electron chi connectivity index (χ2n) is 4.55. The largest absolute Gasteiger partial charge is 0.488 e. The summed E-state index contributed by atoms with van der Waals surface area (Å²) < 4.78 is 0. The average molecular weight is 219 g/mol. The van der Waals surface area contributed by atoms with Crippen LogP contribution in [0.4, 0.5) is 0 Å². The number of benzene rings is 1. The summed E-state index contributed by atoms with van der Waals surface area (Å²) in [6, 6.07) is 5.93. The molecule has 86 valence electrons. The van der Waals surface area contributed by atoms with Gasteiger partial charge in [-0.2, -0.15) is 0 Å². The summed E-state index contributed by atoms with van der Waals surface area (Å²) in [6.45, 7) is 5.13. The molecule has 1 aromatic rings. The summed E-state index contributed by atoms with van der Waals surface area (Å²) in [6.07, 6.45) is 2.56. The molecule has 1 fully saturated rings. The molecule has 1 aliphatic heterocycles. The van der Waals surface area contributed by atoms with Crippen molar-refractivity contribution >= 4 is 12.6 Å². The van der Waals surface area contributed by atoms with Crippen LogP contribution >= 0.6 is 0 Å². The van der Waals surface area contributed by atoms with E-state index in [1.54, 1.807) is 0 Å². The maximum absolute atomic E-state index is 9.23. The van der Waals surface area contributed by atoms with Crippen LogP contribution in [0.25, 0.3) is 0 Å². The van der Waals surface area contributed by atoms with Crippen molar-refractivity contribution < 1.29 is 10.0 Å². The molecule has 0 unspecified atom stereocenters. The lowest BCUT2D eigenvalue weighted by Gasteiger charge is -2.16. The SMILES string of the molecule is Cc1ccc(CN2CCCC2)cc1B(O)O. The van der Waals surface area contributed by atoms with Gasteiger partial charge >= 0.3 is 7.12 Å². The standard InChI is InChI=1S/C12H18BNO2/c1-10-4-5-11(8-12(10)13(15)16)9-14-6-2-3-7-14/h4-5,8,15-16H,2-3,6-7,9H2,1H3. The fourth-order valence-corrected chi connectivity index (χ4v) is 2.27. The third kappa shape index (κ3) is 2.64. The number of nitrogens with zero attached hydrogens (tertiary/aromatic N) is 1. The first-order valence-electron chi connectivity index (χ1n) is 5.85. The summed E-state index contributed by atoms with van der Waals surface area (Å²) >= 11 is 0. The lowest BCUT2D eigenvalue weighted by Crippen LogP contribution is -2.33. The summed E-state index contributed by atoms with van der Waals surface area (Å²) in [5, 5.41) is 18.5. The Morgan fingerprint density at radius 2 is 1.94 bits per heavy atom. The topological polar surface area (TPSA) is 43.7 Å². The van der Waals surface area contributed by atoms with Gasteiger partial charge in [0, 0.05) is 6.54 Å². The van der Waals surface area contributed by atoms with Crippen molar-refractivity contribution in [2.45, 2.75) is 26.3 Å². The van der Waals surface area contributed by atoms with E-state index in [9.17, 15) is 10.0 Å². The van der Waals surface area contributed by atoms with Gasteiger partial charge < -0.3 is 10.0 Å². The average Bonchev–Trinajstić information content (AvgIpc) is 2.73. The maximum atomic E-state index is 9.23. The molecule has 0 spiro atoms. The van der Waals surface area contributed by atoms with Crippen molar-refractivity contribution in [2.24, 2.45) is 0 Å². The van der Waals surface area contributed by atoms with Gasteiger partial charge in [-0.3, -0.25) is 4.90 Å². The summed E-state index contributed by atoms with van der Waals surface area (Å²) in [5.41, 5.74) is 2.72. The Bertz CT molecular complexity index is 362. The van der Waals surface area contributed by atoms with Crippen molar-refractivity contribution in [1.82, 2.24) is 4.90 Å². The van der Waals surface area contributed by atoms with Gasteiger partial charge in [0.1, 0.15) is 0 Å². The molecule has 0 bridgehead atoms. The highest BCUT2D eigenvalue weighted by Gasteiger charge is 2.16. The molecule has 0 saturated carbocycles. The van der Waals surface area contributed by atoms with E-state index in [4.69, 9.17) is 0 Å². The van der Waals surface area contributed by atoms with E-state index in [-0.39, 0.29) is 0 Å². The molecule has 1 saturated heterocycles. The zero-order valence-corrected chi connectivity index (χ0v) is 9.69. The molecule has 2 N–H and O–H groups in total. The van der Waals surface area contributed by atoms with Crippen LogP contribution in [-0.2, 0) is 6.54 Å². The molecule has 1 heterocycles. The Balaban J connectivity index is 2.12. The van der Waals surface area contributed by atoms with E-state index in [1.165, 1.54) is 12.8 Å². The zero-order chi connectivity index (χ0) is 11.5. The van der Waals surface area contributed by atoms with Crippen LogP contribution in [-0.4, -0.2) is 35.2 Å². The molecule has 1 aliphatic rings. The van der Waals surface area contributed by atoms with Crippen molar-refractivity contribution in [3.8, 4) is 0 Å². The molecule has 0 atom stereocenters. The van der Waals surface area contributed by atoms with Gasteiger partial charge in [-0.05, 0) is 43.9 Å². The third-order valence-electron chi connectivity index (χ3n) is 3.23. The van der Waals surface area contributed by atoms with Crippen LogP contribution in [0.15, 0.2) is 18.2 Å². The normalized spacial score (nSPS) is 16.7. The minimum absolute atomic E-state index is 0.622. The molecule has 0 aliphatic carbocycles. The molecule has 3 nitrogen and oxygen atoms in total. The number of hydrogen-bond acceptors (Lipinski definition) is 3. The molecular weight excluding hydrogens is 201 g/mol. The van der Waals surface area contributed by atoms with Gasteiger partial charge in [0.2, 0.25) is 0 Å². The van der Waals surface area contributed by atoms with Gasteiger partial charge in [0.05, 0.1) is 0 Å². The van der Waals surface area contributed by atoms with Gasteiger partial charge in [-0.1, -0.05) is 23.8 Å². The van der Waals surface area contributed by atoms with Crippen LogP contribution < -0.4 is 5.46 Å². The first-order chi connectivity index (χ1) is 7.66. The summed E-state index contributed by atoms with van der Waals surface area (Å²) in [5.74, 6) is 0. The van der Waals surface area contributed by atoms with E-state index in [0.717, 1.165) is 30.8 Å². The first-order valence-corrected chi connectivity index (χ1v) is 5.85. The van der Waals surface area contributed by atoms with Crippen molar-refractivity contribution in [3.63, 3.8) is 0 Å². The minimum atomic E-state index is -1.36. The Kier molecular flexibility index (Phi) is 3.64. The number of likely N-dealkylation sites (tertiary alicyclic amines) is 1. The van der Waals surface area contributed by atoms with E-state index in [2.05, 4.69) is 11.0 Å². The lowest BCUT2D eigenvalue weighted by atomic mass is 9.76. The van der Waals surface area contributed by atoms with Gasteiger partial charge in [-0.25, -0.2) is 0 Å². The Hall–Kier alpha value is -0.835. The Morgan fingerprint density at radius 1 is 1.25 bits per heavy atom. The summed E-state index contributed by atoms with van der Waals surface area (Å²) in [4.78, 5) is 2.40. The fraction of sp³-hybridized carbons (Fsp3) is 0.500. The van der Waals surface area contributed by atoms with Crippen LogP contribution in [0, 0.1) is 6.92 Å². The summed E-state index contributed by atoms with van der Waals surface area (Å²) in [7, 11) is -1.36. The monoisotopic (exact) mass is 219 g/mol. The molecule has 0 amide bonds. The van der Waals surface area contributed by atoms with E-state index in [1.807, 2.05) is 19.1 Å². The van der Waals surface area contributed by atoms with Crippen molar-refractivity contribution in [3.05, 3.63) is 29.3 Å². The minimum Gasteiger partial charge on any atom is -0.423 e. The van der Waals surface area contributed by atoms with Crippen LogP contribution in [0.3, 0.4) is 0 Å². The molecule has 2 rings (SSSR count). The predicted molar refractivity (Wildman–Crippen MR) is 65.5 cm³/mol. The van der Waals surface area contributed by atoms with E-state index >= 15 is 0 Å². The zero-order valence-electron chi connectivity index (χ0n) is 9.69. The van der Waals surface area contributed by atoms with Crippen molar-refractivity contribution in [2.75, 3.05) is 13.1 Å². The van der Waals surface area contributed by atoms with Crippen molar-refractivity contribution in [1.29, 1.82) is 0 Å². The molecule has 4 heteroatoms. The Labute approximate surface area is 96.9 Å². The molecule has 16 heavy (non-hydrogen) atoms. The fourth-order valence-electron chi connectivity index (χ4n) is 2.27. The highest BCUT2D eigenvalue weighted by molar-refractivity contribution is 6.59. The number of rotatable bonds is 3. The number of hydrogen-bond donors (Lipinski definition) is 2.